The third-order valence-electron chi connectivity index (χ3n) is 3.98. The second-order valence-corrected chi connectivity index (χ2v) is 9.12. The number of sulfonamides is 1. The maximum atomic E-state index is 12.4. The first-order valence-corrected chi connectivity index (χ1v) is 10.3. The Kier molecular flexibility index (Phi) is 5.08. The number of fused-ring (bicyclic) bond motifs is 1. The first-order valence-electron chi connectivity index (χ1n) is 8.04. The van der Waals surface area contributed by atoms with Crippen molar-refractivity contribution in [3.63, 3.8) is 0 Å². The van der Waals surface area contributed by atoms with Crippen LogP contribution < -0.4 is 5.32 Å². The molecule has 0 spiro atoms. The number of aryl methyl sites for hydroxylation is 1. The third kappa shape index (κ3) is 3.62. The van der Waals surface area contributed by atoms with E-state index in [1.807, 2.05) is 12.1 Å². The highest BCUT2D eigenvalue weighted by Crippen LogP contribution is 2.29. The fraction of sp³-hybridized carbons (Fsp3) is 0.222. The van der Waals surface area contributed by atoms with Gasteiger partial charge in [0.1, 0.15) is 0 Å². The summed E-state index contributed by atoms with van der Waals surface area (Å²) in [5.41, 5.74) is 2.36. The summed E-state index contributed by atoms with van der Waals surface area (Å²) in [4.78, 5) is 16.9. The van der Waals surface area contributed by atoms with Gasteiger partial charge in [-0.3, -0.25) is 10.1 Å². The number of carbonyl (C=O) groups is 1. The van der Waals surface area contributed by atoms with Crippen molar-refractivity contribution < 1.29 is 13.2 Å². The van der Waals surface area contributed by atoms with Gasteiger partial charge in [-0.1, -0.05) is 30.4 Å². The second kappa shape index (κ2) is 7.14. The first kappa shape index (κ1) is 18.5. The van der Waals surface area contributed by atoms with Gasteiger partial charge >= 0.3 is 0 Å². The first-order chi connectivity index (χ1) is 12.3. The number of nitrogens with zero attached hydrogens (tertiary/aromatic N) is 2. The molecule has 2 aromatic carbocycles. The number of anilines is 1. The second-order valence-electron chi connectivity index (χ2n) is 5.94. The molecule has 1 amide bonds. The lowest BCUT2D eigenvalue weighted by Crippen LogP contribution is -2.22. The Morgan fingerprint density at radius 3 is 2.46 bits per heavy atom. The topological polar surface area (TPSA) is 79.4 Å². The minimum Gasteiger partial charge on any atom is -0.298 e. The van der Waals surface area contributed by atoms with E-state index in [1.165, 1.54) is 31.5 Å². The zero-order valence-electron chi connectivity index (χ0n) is 14.7. The summed E-state index contributed by atoms with van der Waals surface area (Å²) in [6.07, 6.45) is 0.915. The standard InChI is InChI=1S/C18H19N3O3S2/c1-4-12-5-7-13(8-6-12)17(22)20-18-19-15-10-9-14(11-16(15)25-18)26(23,24)21(2)3/h5-11H,4H2,1-3H3,(H,19,20,22). The summed E-state index contributed by atoms with van der Waals surface area (Å²) >= 11 is 1.24. The molecule has 1 heterocycles. The molecule has 136 valence electrons. The molecular weight excluding hydrogens is 370 g/mol. The molecule has 3 aromatic rings. The summed E-state index contributed by atoms with van der Waals surface area (Å²) in [5, 5.41) is 3.21. The number of benzene rings is 2. The SMILES string of the molecule is CCc1ccc(C(=O)Nc2nc3ccc(S(=O)(=O)N(C)C)cc3s2)cc1. The summed E-state index contributed by atoms with van der Waals surface area (Å²) in [6.45, 7) is 2.06. The molecule has 0 bridgehead atoms. The van der Waals surface area contributed by atoms with E-state index in [1.54, 1.807) is 24.3 Å². The molecule has 0 saturated heterocycles. The van der Waals surface area contributed by atoms with E-state index in [9.17, 15) is 13.2 Å². The minimum atomic E-state index is -3.51. The van der Waals surface area contributed by atoms with Crippen LogP contribution in [0.4, 0.5) is 5.13 Å². The van der Waals surface area contributed by atoms with Crippen LogP contribution in [0.3, 0.4) is 0 Å². The quantitative estimate of drug-likeness (QED) is 0.726. The van der Waals surface area contributed by atoms with E-state index < -0.39 is 10.0 Å². The monoisotopic (exact) mass is 389 g/mol. The van der Waals surface area contributed by atoms with E-state index in [4.69, 9.17) is 0 Å². The molecule has 0 aliphatic heterocycles. The van der Waals surface area contributed by atoms with Crippen molar-refractivity contribution >= 4 is 42.6 Å². The largest absolute Gasteiger partial charge is 0.298 e. The number of nitrogens with one attached hydrogen (secondary N) is 1. The number of amides is 1. The van der Waals surface area contributed by atoms with Crippen molar-refractivity contribution in [3.05, 3.63) is 53.6 Å². The molecule has 1 aromatic heterocycles. The van der Waals surface area contributed by atoms with Crippen LogP contribution in [-0.4, -0.2) is 37.7 Å². The summed E-state index contributed by atoms with van der Waals surface area (Å²) in [6, 6.07) is 12.2. The molecule has 26 heavy (non-hydrogen) atoms. The Bertz CT molecular complexity index is 1050. The lowest BCUT2D eigenvalue weighted by molar-refractivity contribution is 0.102. The molecule has 0 saturated carbocycles. The van der Waals surface area contributed by atoms with Crippen LogP contribution >= 0.6 is 11.3 Å². The van der Waals surface area contributed by atoms with Gasteiger partial charge in [0.2, 0.25) is 10.0 Å². The number of rotatable bonds is 5. The molecule has 8 heteroatoms. The van der Waals surface area contributed by atoms with Crippen LogP contribution in [0.5, 0.6) is 0 Å². The zero-order valence-corrected chi connectivity index (χ0v) is 16.3. The normalized spacial score (nSPS) is 11.8. The maximum absolute atomic E-state index is 12.4. The van der Waals surface area contributed by atoms with Gasteiger partial charge in [-0.25, -0.2) is 17.7 Å². The number of hydrogen-bond donors (Lipinski definition) is 1. The lowest BCUT2D eigenvalue weighted by Gasteiger charge is -2.10. The Morgan fingerprint density at radius 1 is 1.15 bits per heavy atom. The van der Waals surface area contributed by atoms with Crippen molar-refractivity contribution in [1.29, 1.82) is 0 Å². The van der Waals surface area contributed by atoms with Crippen molar-refractivity contribution in [1.82, 2.24) is 9.29 Å². The fourth-order valence-corrected chi connectivity index (χ4v) is 4.29. The van der Waals surface area contributed by atoms with E-state index >= 15 is 0 Å². The van der Waals surface area contributed by atoms with Crippen molar-refractivity contribution in [2.24, 2.45) is 0 Å². The summed E-state index contributed by atoms with van der Waals surface area (Å²) in [7, 11) is -0.531. The fourth-order valence-electron chi connectivity index (χ4n) is 2.39. The van der Waals surface area contributed by atoms with Crippen LogP contribution in [0.1, 0.15) is 22.8 Å². The molecule has 0 aliphatic carbocycles. The Hall–Kier alpha value is -2.29. The molecular formula is C18H19N3O3S2. The molecule has 0 fully saturated rings. The van der Waals surface area contributed by atoms with E-state index in [-0.39, 0.29) is 10.8 Å². The minimum absolute atomic E-state index is 0.201. The van der Waals surface area contributed by atoms with Crippen LogP contribution in [0.2, 0.25) is 0 Å². The van der Waals surface area contributed by atoms with E-state index in [0.717, 1.165) is 16.3 Å². The number of thiazole rings is 1. The predicted molar refractivity (Wildman–Crippen MR) is 104 cm³/mol. The van der Waals surface area contributed by atoms with Gasteiger partial charge in [0.15, 0.2) is 5.13 Å². The molecule has 6 nitrogen and oxygen atoms in total. The number of carbonyl (C=O) groups excluding carboxylic acids is 1. The number of hydrogen-bond acceptors (Lipinski definition) is 5. The third-order valence-corrected chi connectivity index (χ3v) is 6.73. The van der Waals surface area contributed by atoms with E-state index in [0.29, 0.717) is 20.9 Å². The molecule has 0 atom stereocenters. The van der Waals surface area contributed by atoms with Gasteiger partial charge in [0.05, 0.1) is 15.1 Å². The highest BCUT2D eigenvalue weighted by atomic mass is 32.2. The van der Waals surface area contributed by atoms with Crippen molar-refractivity contribution in [3.8, 4) is 0 Å². The average molecular weight is 390 g/mol. The highest BCUT2D eigenvalue weighted by Gasteiger charge is 2.18. The molecule has 0 aliphatic rings. The van der Waals surface area contributed by atoms with Gasteiger partial charge in [-0.05, 0) is 42.3 Å². The number of aromatic nitrogens is 1. The Labute approximate surface area is 156 Å². The molecule has 1 N–H and O–H groups in total. The lowest BCUT2D eigenvalue weighted by atomic mass is 10.1. The van der Waals surface area contributed by atoms with Gasteiger partial charge in [-0.2, -0.15) is 0 Å². The smallest absolute Gasteiger partial charge is 0.257 e. The molecule has 0 unspecified atom stereocenters. The van der Waals surface area contributed by atoms with Gasteiger partial charge in [-0.15, -0.1) is 0 Å². The zero-order chi connectivity index (χ0) is 18.9. The Balaban J connectivity index is 1.86. The van der Waals surface area contributed by atoms with E-state index in [2.05, 4.69) is 17.2 Å². The molecule has 0 radical (unpaired) electrons. The van der Waals surface area contributed by atoms with Gasteiger partial charge < -0.3 is 0 Å². The van der Waals surface area contributed by atoms with Crippen LogP contribution in [0.15, 0.2) is 47.4 Å². The van der Waals surface area contributed by atoms with Crippen LogP contribution in [-0.2, 0) is 16.4 Å². The predicted octanol–water partition coefficient (Wildman–Crippen LogP) is 3.36. The summed E-state index contributed by atoms with van der Waals surface area (Å²) < 4.78 is 26.3. The maximum Gasteiger partial charge on any atom is 0.257 e. The average Bonchev–Trinajstić information content (AvgIpc) is 3.02. The highest BCUT2D eigenvalue weighted by molar-refractivity contribution is 7.89. The Morgan fingerprint density at radius 2 is 1.85 bits per heavy atom. The van der Waals surface area contributed by atoms with Crippen LogP contribution in [0, 0.1) is 0 Å². The van der Waals surface area contributed by atoms with Crippen molar-refractivity contribution in [2.45, 2.75) is 18.2 Å². The van der Waals surface area contributed by atoms with Crippen LogP contribution in [0.25, 0.3) is 10.2 Å². The van der Waals surface area contributed by atoms with Gasteiger partial charge in [0, 0.05) is 19.7 Å². The summed E-state index contributed by atoms with van der Waals surface area (Å²) in [5.74, 6) is -0.243. The van der Waals surface area contributed by atoms with Crippen molar-refractivity contribution in [2.75, 3.05) is 19.4 Å². The van der Waals surface area contributed by atoms with Gasteiger partial charge in [0.25, 0.3) is 5.91 Å². The molecule has 3 rings (SSSR count).